The van der Waals surface area contributed by atoms with Crippen LogP contribution in [0.1, 0.15) is 18.9 Å². The fourth-order valence-electron chi connectivity index (χ4n) is 3.48. The van der Waals surface area contributed by atoms with Crippen LogP contribution in [0.15, 0.2) is 42.5 Å². The van der Waals surface area contributed by atoms with Gasteiger partial charge in [-0.15, -0.1) is 0 Å². The number of hydrogen-bond donors (Lipinski definition) is 1. The van der Waals surface area contributed by atoms with Crippen LogP contribution in [0, 0.1) is 0 Å². The quantitative estimate of drug-likeness (QED) is 0.497. The molecule has 9 nitrogen and oxygen atoms in total. The summed E-state index contributed by atoms with van der Waals surface area (Å²) in [7, 11) is 0.447. The van der Waals surface area contributed by atoms with Crippen LogP contribution in [0.25, 0.3) is 0 Å². The van der Waals surface area contributed by atoms with E-state index in [0.29, 0.717) is 22.8 Å². The smallest absolute Gasteiger partial charge is 0.244 e. The van der Waals surface area contributed by atoms with Crippen molar-refractivity contribution in [3.63, 3.8) is 0 Å². The van der Waals surface area contributed by atoms with Crippen LogP contribution in [-0.2, 0) is 26.2 Å². The third-order valence-corrected chi connectivity index (χ3v) is 6.76. The maximum absolute atomic E-state index is 13.6. The Morgan fingerprint density at radius 1 is 1.12 bits per heavy atom. The van der Waals surface area contributed by atoms with E-state index in [9.17, 15) is 18.0 Å². The molecule has 0 saturated heterocycles. The minimum atomic E-state index is -3.90. The first-order valence-corrected chi connectivity index (χ1v) is 12.7. The molecule has 2 aromatic carbocycles. The number of likely N-dealkylation sites (N-methyl/N-ethyl adjacent to an activating group) is 1. The molecule has 1 N–H and O–H groups in total. The Kier molecular flexibility index (Phi) is 9.57. The summed E-state index contributed by atoms with van der Waals surface area (Å²) >= 11 is 6.30. The van der Waals surface area contributed by atoms with Gasteiger partial charge in [0.2, 0.25) is 21.8 Å². The van der Waals surface area contributed by atoms with Gasteiger partial charge in [-0.2, -0.15) is 0 Å². The van der Waals surface area contributed by atoms with Gasteiger partial charge < -0.3 is 19.7 Å². The maximum atomic E-state index is 13.6. The van der Waals surface area contributed by atoms with Crippen LogP contribution < -0.4 is 19.1 Å². The van der Waals surface area contributed by atoms with Crippen molar-refractivity contribution in [3.8, 4) is 11.5 Å². The van der Waals surface area contributed by atoms with Crippen molar-refractivity contribution in [3.05, 3.63) is 53.1 Å². The fraction of sp³-hybridized carbons (Fsp3) is 0.391. The van der Waals surface area contributed by atoms with Gasteiger partial charge in [0, 0.05) is 24.7 Å². The van der Waals surface area contributed by atoms with E-state index in [1.165, 1.54) is 38.3 Å². The minimum absolute atomic E-state index is 0.0295. The van der Waals surface area contributed by atoms with Gasteiger partial charge in [-0.25, -0.2) is 8.42 Å². The minimum Gasteiger partial charge on any atom is -0.497 e. The molecule has 11 heteroatoms. The summed E-state index contributed by atoms with van der Waals surface area (Å²) in [6, 6.07) is 10.7. The second-order valence-corrected chi connectivity index (χ2v) is 9.77. The molecule has 0 radical (unpaired) electrons. The summed E-state index contributed by atoms with van der Waals surface area (Å²) in [6.45, 7) is 1.26. The molecule has 0 bridgehead atoms. The third kappa shape index (κ3) is 6.54. The lowest BCUT2D eigenvalue weighted by Crippen LogP contribution is -2.51. The molecule has 0 aromatic heterocycles. The Morgan fingerprint density at radius 3 is 2.32 bits per heavy atom. The van der Waals surface area contributed by atoms with Gasteiger partial charge >= 0.3 is 0 Å². The van der Waals surface area contributed by atoms with Crippen molar-refractivity contribution in [1.29, 1.82) is 0 Å². The van der Waals surface area contributed by atoms with E-state index in [4.69, 9.17) is 21.1 Å². The number of nitrogens with one attached hydrogen (secondary N) is 1. The number of rotatable bonds is 11. The second-order valence-electron chi connectivity index (χ2n) is 7.46. The molecule has 0 aliphatic rings. The molecule has 2 amide bonds. The lowest BCUT2D eigenvalue weighted by Gasteiger charge is -2.33. The fourth-order valence-corrected chi connectivity index (χ4v) is 4.53. The highest BCUT2D eigenvalue weighted by atomic mass is 35.5. The Bertz CT molecular complexity index is 1130. The maximum Gasteiger partial charge on any atom is 0.244 e. The van der Waals surface area contributed by atoms with E-state index >= 15 is 0 Å². The molecule has 0 aliphatic heterocycles. The van der Waals surface area contributed by atoms with Gasteiger partial charge in [0.25, 0.3) is 0 Å². The summed E-state index contributed by atoms with van der Waals surface area (Å²) < 4.78 is 36.9. The van der Waals surface area contributed by atoms with Crippen molar-refractivity contribution < 1.29 is 27.5 Å². The van der Waals surface area contributed by atoms with Crippen LogP contribution in [0.5, 0.6) is 11.5 Å². The number of carbonyl (C=O) groups is 2. The van der Waals surface area contributed by atoms with Gasteiger partial charge in [-0.05, 0) is 30.2 Å². The second kappa shape index (κ2) is 11.9. The molecule has 2 rings (SSSR count). The van der Waals surface area contributed by atoms with Crippen LogP contribution in [0.2, 0.25) is 5.02 Å². The number of nitrogens with zero attached hydrogens (tertiary/aromatic N) is 2. The van der Waals surface area contributed by atoms with Crippen molar-refractivity contribution in [2.24, 2.45) is 0 Å². The Hall–Kier alpha value is -2.98. The molecule has 0 heterocycles. The zero-order chi connectivity index (χ0) is 25.5. The van der Waals surface area contributed by atoms with E-state index in [1.807, 2.05) is 0 Å². The third-order valence-electron chi connectivity index (χ3n) is 5.27. The normalized spacial score (nSPS) is 11.9. The molecule has 186 valence electrons. The first-order valence-electron chi connectivity index (χ1n) is 10.5. The van der Waals surface area contributed by atoms with E-state index in [-0.39, 0.29) is 23.9 Å². The molecular formula is C23H30ClN3O6S. The number of anilines is 1. The number of sulfonamides is 1. The highest BCUT2D eigenvalue weighted by molar-refractivity contribution is 7.92. The largest absolute Gasteiger partial charge is 0.497 e. The lowest BCUT2D eigenvalue weighted by molar-refractivity contribution is -0.140. The van der Waals surface area contributed by atoms with E-state index in [1.54, 1.807) is 37.3 Å². The average Bonchev–Trinajstić information content (AvgIpc) is 2.82. The summed E-state index contributed by atoms with van der Waals surface area (Å²) in [5.41, 5.74) is 0.803. The van der Waals surface area contributed by atoms with Crippen LogP contribution in [-0.4, -0.2) is 65.2 Å². The molecule has 0 aliphatic carbocycles. The Balaban J connectivity index is 2.51. The number of hydrogen-bond acceptors (Lipinski definition) is 6. The van der Waals surface area contributed by atoms with E-state index in [0.717, 1.165) is 10.6 Å². The first-order chi connectivity index (χ1) is 16.1. The van der Waals surface area contributed by atoms with Crippen molar-refractivity contribution in [1.82, 2.24) is 10.2 Å². The van der Waals surface area contributed by atoms with Crippen molar-refractivity contribution >= 4 is 39.1 Å². The van der Waals surface area contributed by atoms with Gasteiger partial charge in [0.15, 0.2) is 0 Å². The zero-order valence-electron chi connectivity index (χ0n) is 19.9. The van der Waals surface area contributed by atoms with Gasteiger partial charge in [0.05, 0.1) is 26.2 Å². The van der Waals surface area contributed by atoms with Crippen LogP contribution in [0.3, 0.4) is 0 Å². The van der Waals surface area contributed by atoms with Gasteiger partial charge in [-0.1, -0.05) is 36.7 Å². The highest BCUT2D eigenvalue weighted by Crippen LogP contribution is 2.34. The van der Waals surface area contributed by atoms with Crippen molar-refractivity contribution in [2.45, 2.75) is 25.9 Å². The molecule has 0 spiro atoms. The van der Waals surface area contributed by atoms with E-state index in [2.05, 4.69) is 5.32 Å². The standard InChI is InChI=1S/C23H30ClN3O6S/c1-6-19(23(29)25-2)26(14-16-9-7-8-10-18(16)24)22(28)15-27(34(5,30)31)20-12-11-17(32-3)13-21(20)33-4/h7-13,19H,6,14-15H2,1-5H3,(H,25,29). The number of benzene rings is 2. The topological polar surface area (TPSA) is 105 Å². The monoisotopic (exact) mass is 511 g/mol. The zero-order valence-corrected chi connectivity index (χ0v) is 21.4. The number of carbonyl (C=O) groups excluding carboxylic acids is 2. The summed E-state index contributed by atoms with van der Waals surface area (Å²) in [5.74, 6) is -0.255. The molecule has 0 fully saturated rings. The van der Waals surface area contributed by atoms with E-state index < -0.39 is 28.5 Å². The number of halogens is 1. The predicted molar refractivity (Wildman–Crippen MR) is 132 cm³/mol. The molecule has 1 atom stereocenters. The summed E-state index contributed by atoms with van der Waals surface area (Å²) in [6.07, 6.45) is 1.32. The van der Waals surface area contributed by atoms with Gasteiger partial charge in [-0.3, -0.25) is 13.9 Å². The van der Waals surface area contributed by atoms with Crippen LogP contribution in [0.4, 0.5) is 5.69 Å². The van der Waals surface area contributed by atoms with Crippen LogP contribution >= 0.6 is 11.6 Å². The summed E-state index contributed by atoms with van der Waals surface area (Å²) in [4.78, 5) is 27.5. The number of ether oxygens (including phenoxy) is 2. The number of methoxy groups -OCH3 is 2. The highest BCUT2D eigenvalue weighted by Gasteiger charge is 2.32. The molecule has 2 aromatic rings. The molecule has 1 unspecified atom stereocenters. The molecular weight excluding hydrogens is 482 g/mol. The molecule has 34 heavy (non-hydrogen) atoms. The Labute approximate surface area is 205 Å². The number of amides is 2. The summed E-state index contributed by atoms with van der Waals surface area (Å²) in [5, 5.41) is 3.00. The first kappa shape index (κ1) is 27.3. The Morgan fingerprint density at radius 2 is 1.79 bits per heavy atom. The predicted octanol–water partition coefficient (Wildman–Crippen LogP) is 2.68. The average molecular weight is 512 g/mol. The molecule has 0 saturated carbocycles. The SMILES string of the molecule is CCC(C(=O)NC)N(Cc1ccccc1Cl)C(=O)CN(c1ccc(OC)cc1OC)S(C)(=O)=O. The van der Waals surface area contributed by atoms with Gasteiger partial charge in [0.1, 0.15) is 24.1 Å². The van der Waals surface area contributed by atoms with Crippen molar-refractivity contribution in [2.75, 3.05) is 38.4 Å². The lowest BCUT2D eigenvalue weighted by atomic mass is 10.1.